The second kappa shape index (κ2) is 22.1. The number of furan rings is 1. The van der Waals surface area contributed by atoms with E-state index in [9.17, 15) is 5.11 Å². The van der Waals surface area contributed by atoms with Gasteiger partial charge in [-0.1, -0.05) is 203 Å². The lowest BCUT2D eigenvalue weighted by Crippen LogP contribution is -2.16. The van der Waals surface area contributed by atoms with Crippen LogP contribution in [0.1, 0.15) is 61.1 Å². The Morgan fingerprint density at radius 1 is 0.727 bits per heavy atom. The Morgan fingerprint density at radius 2 is 1.42 bits per heavy atom. The zero-order valence-corrected chi connectivity index (χ0v) is 38.4. The molecule has 0 aliphatic carbocycles. The molecule has 1 atom stereocenters. The molecule has 3 N–H and O–H groups in total. The van der Waals surface area contributed by atoms with Crippen molar-refractivity contribution in [2.24, 2.45) is 10.7 Å². The summed E-state index contributed by atoms with van der Waals surface area (Å²) in [5, 5.41) is 12.5. The smallest absolute Gasteiger partial charge is 0.135 e. The number of nitrogens with two attached hydrogens (primary N) is 1. The van der Waals surface area contributed by atoms with Gasteiger partial charge in [0.25, 0.3) is 0 Å². The Bertz CT molecular complexity index is 3100. The Kier molecular flexibility index (Phi) is 15.4. The number of amidine groups is 1. The Labute approximate surface area is 390 Å². The van der Waals surface area contributed by atoms with E-state index in [0.717, 1.165) is 73.7 Å². The number of benzene rings is 6. The van der Waals surface area contributed by atoms with Gasteiger partial charge in [0, 0.05) is 21.9 Å². The highest BCUT2D eigenvalue weighted by atomic mass is 16.3. The summed E-state index contributed by atoms with van der Waals surface area (Å²) in [5.74, 6) is 0.594. The molecule has 0 amide bonds. The van der Waals surface area contributed by atoms with Crippen molar-refractivity contribution < 1.29 is 9.52 Å². The zero-order chi connectivity index (χ0) is 46.4. The van der Waals surface area contributed by atoms with E-state index in [2.05, 4.69) is 142 Å². The van der Waals surface area contributed by atoms with E-state index in [1.807, 2.05) is 79.8 Å². The van der Waals surface area contributed by atoms with Crippen LogP contribution in [-0.4, -0.2) is 10.9 Å². The van der Waals surface area contributed by atoms with Gasteiger partial charge in [0.05, 0.1) is 5.76 Å². The molecule has 1 aromatic heterocycles. The fourth-order valence-corrected chi connectivity index (χ4v) is 8.17. The number of fused-ring (bicyclic) bond motifs is 3. The summed E-state index contributed by atoms with van der Waals surface area (Å²) < 4.78 is 6.21. The standard InChI is InChI=1S/C62H58N2O2/c1-7-10-23-50(52-38-39-60-58(42-52)56-30-19-20-31-59(56)66-60)40-53(27-16-15-22-43(4)54(45(6)65)28-11-8-2)61(48-25-13-12-14-26-48)64-62(63)49-36-34-46(35-37-49)51-33-32-44(5)57(41-51)55-29-18-17-24-47(55)21-9-3/h7-8,10-20,22-42,61,65H,2,4,9,21H2,1,3,5-6H3,(H2,63,64)/b10-7-,22-15+,27-16+,28-11-,50-23+,53-40+,54-45-. The van der Waals surface area contributed by atoms with Crippen LogP contribution in [0, 0.1) is 6.92 Å². The molecule has 7 aromatic rings. The molecule has 0 bridgehead atoms. The number of aliphatic hydroxyl groups is 1. The maximum absolute atomic E-state index is 10.4. The minimum atomic E-state index is -0.486. The third-order valence-corrected chi connectivity index (χ3v) is 11.6. The van der Waals surface area contributed by atoms with E-state index in [1.54, 1.807) is 25.2 Å². The summed E-state index contributed by atoms with van der Waals surface area (Å²) in [6, 6.07) is 48.0. The summed E-state index contributed by atoms with van der Waals surface area (Å²) >= 11 is 0. The van der Waals surface area contributed by atoms with Crippen molar-refractivity contribution >= 4 is 33.3 Å². The van der Waals surface area contributed by atoms with Gasteiger partial charge < -0.3 is 15.3 Å². The molecule has 0 aliphatic heterocycles. The average Bonchev–Trinajstić information content (AvgIpc) is 3.72. The molecule has 328 valence electrons. The van der Waals surface area contributed by atoms with Crippen molar-refractivity contribution in [3.8, 4) is 22.3 Å². The normalized spacial score (nSPS) is 13.7. The monoisotopic (exact) mass is 862 g/mol. The van der Waals surface area contributed by atoms with Gasteiger partial charge in [0.2, 0.25) is 0 Å². The van der Waals surface area contributed by atoms with E-state index in [0.29, 0.717) is 17.0 Å². The van der Waals surface area contributed by atoms with Crippen molar-refractivity contribution in [2.45, 2.75) is 46.6 Å². The van der Waals surface area contributed by atoms with Gasteiger partial charge in [-0.05, 0) is 119 Å². The molecule has 66 heavy (non-hydrogen) atoms. The molecule has 1 heterocycles. The number of aliphatic hydroxyl groups excluding tert-OH is 1. The van der Waals surface area contributed by atoms with Gasteiger partial charge in [-0.15, -0.1) is 0 Å². The SMILES string of the molecule is C=C/C=C\C(C(=C)/C=C/C=C/C(=C\C(=C/C=C\C)c1ccc2oc3ccccc3c2c1)C(N=C(N)c1ccc(-c2ccc(C)c(-c3ccccc3CCC)c2)cc1)c1ccccc1)=C(/C)O. The molecule has 7 rings (SSSR count). The van der Waals surface area contributed by atoms with Crippen LogP contribution >= 0.6 is 0 Å². The first-order valence-electron chi connectivity index (χ1n) is 22.6. The minimum absolute atomic E-state index is 0.173. The van der Waals surface area contributed by atoms with Gasteiger partial charge in [-0.25, -0.2) is 0 Å². The van der Waals surface area contributed by atoms with Crippen molar-refractivity contribution in [3.05, 3.63) is 270 Å². The van der Waals surface area contributed by atoms with E-state index >= 15 is 0 Å². The van der Waals surface area contributed by atoms with Crippen LogP contribution in [0.5, 0.6) is 0 Å². The summed E-state index contributed by atoms with van der Waals surface area (Å²) in [6.45, 7) is 16.1. The first kappa shape index (κ1) is 46.1. The molecule has 4 heteroatoms. The maximum atomic E-state index is 10.4. The Hall–Kier alpha value is -7.95. The van der Waals surface area contributed by atoms with Gasteiger partial charge in [0.15, 0.2) is 0 Å². The number of hydrogen-bond acceptors (Lipinski definition) is 3. The number of aryl methyl sites for hydroxylation is 2. The summed E-state index contributed by atoms with van der Waals surface area (Å²) in [6.07, 6.45) is 23.6. The van der Waals surface area contributed by atoms with Crippen molar-refractivity contribution in [2.75, 3.05) is 0 Å². The van der Waals surface area contributed by atoms with Crippen LogP contribution in [0.3, 0.4) is 0 Å². The molecular weight excluding hydrogens is 805 g/mol. The number of allylic oxidation sites excluding steroid dienone is 14. The van der Waals surface area contributed by atoms with Gasteiger partial charge >= 0.3 is 0 Å². The molecule has 0 fully saturated rings. The number of nitrogens with zero attached hydrogens (tertiary/aromatic N) is 1. The fraction of sp³-hybridized carbons (Fsp3) is 0.113. The molecule has 0 saturated heterocycles. The lowest BCUT2D eigenvalue weighted by Gasteiger charge is -2.18. The van der Waals surface area contributed by atoms with Crippen LogP contribution in [-0.2, 0) is 6.42 Å². The lowest BCUT2D eigenvalue weighted by molar-refractivity contribution is 0.410. The van der Waals surface area contributed by atoms with Crippen LogP contribution in [0.4, 0.5) is 0 Å². The van der Waals surface area contributed by atoms with Gasteiger partial charge in [0.1, 0.15) is 23.0 Å². The van der Waals surface area contributed by atoms with Crippen LogP contribution in [0.15, 0.2) is 251 Å². The quantitative estimate of drug-likeness (QED) is 0.0415. The summed E-state index contributed by atoms with van der Waals surface area (Å²) in [4.78, 5) is 5.33. The fourth-order valence-electron chi connectivity index (χ4n) is 8.17. The molecule has 6 aromatic carbocycles. The topological polar surface area (TPSA) is 71.8 Å². The molecule has 0 aliphatic rings. The number of para-hydroxylation sites is 1. The highest BCUT2D eigenvalue weighted by Crippen LogP contribution is 2.36. The van der Waals surface area contributed by atoms with Gasteiger partial charge in [-0.3, -0.25) is 4.99 Å². The molecule has 4 nitrogen and oxygen atoms in total. The third kappa shape index (κ3) is 11.0. The lowest BCUT2D eigenvalue weighted by atomic mass is 9.91. The Morgan fingerprint density at radius 3 is 2.18 bits per heavy atom. The number of rotatable bonds is 17. The molecule has 1 unspecified atom stereocenters. The van der Waals surface area contributed by atoms with E-state index in [1.165, 1.54) is 22.3 Å². The number of hydrogen-bond donors (Lipinski definition) is 2. The largest absolute Gasteiger partial charge is 0.512 e. The van der Waals surface area contributed by atoms with Crippen molar-refractivity contribution in [1.29, 1.82) is 0 Å². The molecule has 0 radical (unpaired) electrons. The maximum Gasteiger partial charge on any atom is 0.135 e. The van der Waals surface area contributed by atoms with Crippen LogP contribution < -0.4 is 5.73 Å². The first-order chi connectivity index (χ1) is 32.2. The van der Waals surface area contributed by atoms with E-state index in [-0.39, 0.29) is 5.76 Å². The van der Waals surface area contributed by atoms with E-state index in [4.69, 9.17) is 15.1 Å². The molecular formula is C62H58N2O2. The van der Waals surface area contributed by atoms with Crippen molar-refractivity contribution in [1.82, 2.24) is 0 Å². The second-order valence-corrected chi connectivity index (χ2v) is 16.3. The molecule has 0 saturated carbocycles. The summed E-state index contributed by atoms with van der Waals surface area (Å²) in [5.41, 5.74) is 22.1. The molecule has 0 spiro atoms. The second-order valence-electron chi connectivity index (χ2n) is 16.3. The highest BCUT2D eigenvalue weighted by molar-refractivity contribution is 6.06. The predicted molar refractivity (Wildman–Crippen MR) is 283 cm³/mol. The third-order valence-electron chi connectivity index (χ3n) is 11.6. The minimum Gasteiger partial charge on any atom is -0.512 e. The van der Waals surface area contributed by atoms with E-state index < -0.39 is 6.04 Å². The first-order valence-corrected chi connectivity index (χ1v) is 22.6. The van der Waals surface area contributed by atoms with Crippen LogP contribution in [0.2, 0.25) is 0 Å². The van der Waals surface area contributed by atoms with Crippen LogP contribution in [0.25, 0.3) is 49.8 Å². The number of aliphatic imine (C=N–C) groups is 1. The highest BCUT2D eigenvalue weighted by Gasteiger charge is 2.18. The Balaban J connectivity index is 1.31. The summed E-state index contributed by atoms with van der Waals surface area (Å²) in [7, 11) is 0. The predicted octanol–water partition coefficient (Wildman–Crippen LogP) is 16.5. The van der Waals surface area contributed by atoms with Gasteiger partial charge in [-0.2, -0.15) is 0 Å². The van der Waals surface area contributed by atoms with Crippen molar-refractivity contribution in [3.63, 3.8) is 0 Å². The average molecular weight is 863 g/mol. The zero-order valence-electron chi connectivity index (χ0n) is 38.4.